The first-order valence-corrected chi connectivity index (χ1v) is 10.8. The average Bonchev–Trinajstić information content (AvgIpc) is 2.69. The van der Waals surface area contributed by atoms with Gasteiger partial charge in [0, 0.05) is 52.7 Å². The van der Waals surface area contributed by atoms with Crippen molar-refractivity contribution in [2.45, 2.75) is 30.7 Å². The lowest BCUT2D eigenvalue weighted by Crippen LogP contribution is -2.35. The molecule has 0 atom stereocenters. The van der Waals surface area contributed by atoms with E-state index in [1.54, 1.807) is 16.4 Å². The molecule has 0 amide bonds. The maximum absolute atomic E-state index is 12.7. The molecule has 0 N–H and O–H groups in total. The molecule has 0 aliphatic carbocycles. The predicted molar refractivity (Wildman–Crippen MR) is 110 cm³/mol. The zero-order valence-electron chi connectivity index (χ0n) is 16.3. The van der Waals surface area contributed by atoms with Crippen LogP contribution in [0.5, 0.6) is 0 Å². The lowest BCUT2D eigenvalue weighted by atomic mass is 10.2. The van der Waals surface area contributed by atoms with Crippen LogP contribution in [0.15, 0.2) is 47.5 Å². The van der Waals surface area contributed by atoms with Gasteiger partial charge in [0.15, 0.2) is 0 Å². The summed E-state index contributed by atoms with van der Waals surface area (Å²) in [7, 11) is 2.57. The quantitative estimate of drug-likeness (QED) is 0.761. The Kier molecular flexibility index (Phi) is 6.01. The fourth-order valence-electron chi connectivity index (χ4n) is 3.29. The second-order valence-electron chi connectivity index (χ2n) is 7.24. The predicted octanol–water partition coefficient (Wildman–Crippen LogP) is 2.96. The van der Waals surface area contributed by atoms with Crippen molar-refractivity contribution in [1.82, 2.24) is 9.29 Å². The normalized spacial score (nSPS) is 15.5. The van der Waals surface area contributed by atoms with Crippen molar-refractivity contribution >= 4 is 21.5 Å². The lowest BCUT2D eigenvalue weighted by Gasteiger charge is -2.26. The van der Waals surface area contributed by atoms with Gasteiger partial charge in [-0.15, -0.1) is 0 Å². The number of aromatic nitrogens is 1. The number of nitrogens with zero attached hydrogens (tertiary/aromatic N) is 4. The third-order valence-electron chi connectivity index (χ3n) is 4.91. The molecule has 3 rings (SSSR count). The van der Waals surface area contributed by atoms with Crippen molar-refractivity contribution in [3.05, 3.63) is 48.2 Å². The van der Waals surface area contributed by atoms with E-state index in [-0.39, 0.29) is 4.90 Å². The van der Waals surface area contributed by atoms with Crippen molar-refractivity contribution < 1.29 is 8.42 Å². The van der Waals surface area contributed by atoms with Crippen molar-refractivity contribution in [2.75, 3.05) is 44.0 Å². The number of rotatable bonds is 6. The molecular formula is C20H28N4O2S. The Morgan fingerprint density at radius 1 is 1.04 bits per heavy atom. The molecule has 0 unspecified atom stereocenters. The van der Waals surface area contributed by atoms with Gasteiger partial charge < -0.3 is 9.80 Å². The third kappa shape index (κ3) is 4.59. The molecule has 0 bridgehead atoms. The number of sulfonamides is 1. The summed E-state index contributed by atoms with van der Waals surface area (Å²) < 4.78 is 27.0. The van der Waals surface area contributed by atoms with E-state index >= 15 is 0 Å². The molecule has 1 fully saturated rings. The highest BCUT2D eigenvalue weighted by molar-refractivity contribution is 7.89. The molecule has 0 radical (unpaired) electrons. The van der Waals surface area contributed by atoms with Crippen LogP contribution in [-0.4, -0.2) is 51.9 Å². The number of hydrogen-bond donors (Lipinski definition) is 0. The monoisotopic (exact) mass is 388 g/mol. The van der Waals surface area contributed by atoms with Gasteiger partial charge in [-0.1, -0.05) is 18.6 Å². The van der Waals surface area contributed by atoms with Gasteiger partial charge in [-0.05, 0) is 42.7 Å². The van der Waals surface area contributed by atoms with E-state index in [2.05, 4.69) is 28.1 Å². The fourth-order valence-corrected chi connectivity index (χ4v) is 4.76. The molecule has 2 heterocycles. The summed E-state index contributed by atoms with van der Waals surface area (Å²) in [6.45, 7) is 1.91. The fraction of sp³-hybridized carbons (Fsp3) is 0.450. The molecule has 6 nitrogen and oxygen atoms in total. The first-order chi connectivity index (χ1) is 12.9. The summed E-state index contributed by atoms with van der Waals surface area (Å²) in [4.78, 5) is 8.77. The summed E-state index contributed by atoms with van der Waals surface area (Å²) in [6.07, 6.45) is 4.44. The van der Waals surface area contributed by atoms with Crippen LogP contribution in [0.2, 0.25) is 0 Å². The standard InChI is InChI=1S/C20H28N4O2S/c1-22(2)18-9-7-8-17(14-18)16-23(3)20-11-10-19(15-21-20)27(25,26)24-12-5-4-6-13-24/h7-11,14-15H,4-6,12-13,16H2,1-3H3. The summed E-state index contributed by atoms with van der Waals surface area (Å²) >= 11 is 0. The first-order valence-electron chi connectivity index (χ1n) is 9.31. The molecule has 1 aliphatic rings. The van der Waals surface area contributed by atoms with Gasteiger partial charge >= 0.3 is 0 Å². The van der Waals surface area contributed by atoms with Crippen LogP contribution in [0, 0.1) is 0 Å². The summed E-state index contributed by atoms with van der Waals surface area (Å²) in [6, 6.07) is 11.8. The zero-order chi connectivity index (χ0) is 19.4. The van der Waals surface area contributed by atoms with Crippen molar-refractivity contribution in [3.63, 3.8) is 0 Å². The van der Waals surface area contributed by atoms with Gasteiger partial charge in [0.25, 0.3) is 0 Å². The molecule has 27 heavy (non-hydrogen) atoms. The second-order valence-corrected chi connectivity index (χ2v) is 9.18. The molecule has 0 spiro atoms. The van der Waals surface area contributed by atoms with Gasteiger partial charge in [-0.2, -0.15) is 4.31 Å². The van der Waals surface area contributed by atoms with Crippen LogP contribution in [0.4, 0.5) is 11.5 Å². The van der Waals surface area contributed by atoms with Gasteiger partial charge in [0.2, 0.25) is 10.0 Å². The van der Waals surface area contributed by atoms with E-state index in [1.165, 1.54) is 11.8 Å². The smallest absolute Gasteiger partial charge is 0.244 e. The minimum atomic E-state index is -3.43. The topological polar surface area (TPSA) is 56.8 Å². The minimum Gasteiger partial charge on any atom is -0.378 e. The highest BCUT2D eigenvalue weighted by Crippen LogP contribution is 2.22. The van der Waals surface area contributed by atoms with Crippen LogP contribution in [-0.2, 0) is 16.6 Å². The van der Waals surface area contributed by atoms with Gasteiger partial charge in [0.05, 0.1) is 0 Å². The largest absolute Gasteiger partial charge is 0.378 e. The van der Waals surface area contributed by atoms with Gasteiger partial charge in [-0.3, -0.25) is 0 Å². The van der Waals surface area contributed by atoms with Crippen LogP contribution < -0.4 is 9.80 Å². The summed E-state index contributed by atoms with van der Waals surface area (Å²) in [5.74, 6) is 0.753. The van der Waals surface area contributed by atoms with E-state index in [0.29, 0.717) is 19.6 Å². The van der Waals surface area contributed by atoms with Crippen molar-refractivity contribution in [3.8, 4) is 0 Å². The Balaban J connectivity index is 1.72. The molecule has 7 heteroatoms. The molecule has 146 valence electrons. The first kappa shape index (κ1) is 19.6. The Morgan fingerprint density at radius 2 is 1.78 bits per heavy atom. The highest BCUT2D eigenvalue weighted by Gasteiger charge is 2.26. The van der Waals surface area contributed by atoms with Crippen LogP contribution in [0.3, 0.4) is 0 Å². The van der Waals surface area contributed by atoms with Crippen molar-refractivity contribution in [1.29, 1.82) is 0 Å². The molecular weight excluding hydrogens is 360 g/mol. The molecule has 0 saturated carbocycles. The number of benzene rings is 1. The number of piperidine rings is 1. The van der Waals surface area contributed by atoms with E-state index in [0.717, 1.165) is 30.8 Å². The average molecular weight is 389 g/mol. The molecule has 1 aromatic heterocycles. The van der Waals surface area contributed by atoms with Gasteiger partial charge in [-0.25, -0.2) is 13.4 Å². The number of pyridine rings is 1. The van der Waals surface area contributed by atoms with E-state index in [9.17, 15) is 8.42 Å². The third-order valence-corrected chi connectivity index (χ3v) is 6.79. The molecule has 1 saturated heterocycles. The lowest BCUT2D eigenvalue weighted by molar-refractivity contribution is 0.346. The molecule has 2 aromatic rings. The maximum Gasteiger partial charge on any atom is 0.244 e. The van der Waals surface area contributed by atoms with Crippen LogP contribution in [0.25, 0.3) is 0 Å². The zero-order valence-corrected chi connectivity index (χ0v) is 17.1. The number of anilines is 2. The van der Waals surface area contributed by atoms with E-state index < -0.39 is 10.0 Å². The second kappa shape index (κ2) is 8.27. The molecule has 1 aliphatic heterocycles. The summed E-state index contributed by atoms with van der Waals surface area (Å²) in [5, 5.41) is 0. The van der Waals surface area contributed by atoms with Crippen LogP contribution in [0.1, 0.15) is 24.8 Å². The summed E-state index contributed by atoms with van der Waals surface area (Å²) in [5.41, 5.74) is 2.33. The van der Waals surface area contributed by atoms with Crippen LogP contribution >= 0.6 is 0 Å². The van der Waals surface area contributed by atoms with Gasteiger partial charge in [0.1, 0.15) is 10.7 Å². The Labute approximate surface area is 162 Å². The number of hydrogen-bond acceptors (Lipinski definition) is 5. The van der Waals surface area contributed by atoms with E-state index in [1.807, 2.05) is 32.1 Å². The van der Waals surface area contributed by atoms with E-state index in [4.69, 9.17) is 0 Å². The SMILES string of the molecule is CN(C)c1cccc(CN(C)c2ccc(S(=O)(=O)N3CCCCC3)cn2)c1. The Morgan fingerprint density at radius 3 is 2.41 bits per heavy atom. The Bertz CT molecular complexity index is 860. The maximum atomic E-state index is 12.7. The highest BCUT2D eigenvalue weighted by atomic mass is 32.2. The van der Waals surface area contributed by atoms with Crippen molar-refractivity contribution in [2.24, 2.45) is 0 Å². The minimum absolute atomic E-state index is 0.274. The Hall–Kier alpha value is -2.12. The molecule has 1 aromatic carbocycles.